The van der Waals surface area contributed by atoms with Crippen molar-refractivity contribution in [2.75, 3.05) is 25.5 Å². The van der Waals surface area contributed by atoms with Crippen LogP contribution in [0.5, 0.6) is 17.2 Å². The molecule has 1 saturated heterocycles. The summed E-state index contributed by atoms with van der Waals surface area (Å²) in [6.45, 7) is 1.96. The third-order valence-corrected chi connectivity index (χ3v) is 8.76. The van der Waals surface area contributed by atoms with Crippen LogP contribution in [-0.2, 0) is 0 Å². The lowest BCUT2D eigenvalue weighted by Crippen LogP contribution is -2.11. The van der Waals surface area contributed by atoms with Crippen LogP contribution >= 0.6 is 11.6 Å². The van der Waals surface area contributed by atoms with E-state index in [-0.39, 0.29) is 0 Å². The van der Waals surface area contributed by atoms with E-state index in [0.717, 1.165) is 47.7 Å². The first-order valence-corrected chi connectivity index (χ1v) is 15.1. The Bertz CT molecular complexity index is 1710. The fourth-order valence-corrected chi connectivity index (χ4v) is 6.82. The summed E-state index contributed by atoms with van der Waals surface area (Å²) in [5, 5.41) is 12.7. The molecule has 1 saturated carbocycles. The minimum absolute atomic E-state index is 0.384. The van der Waals surface area contributed by atoms with Gasteiger partial charge < -0.3 is 20.1 Å². The molecule has 7 nitrogen and oxygen atoms in total. The number of rotatable bonds is 8. The van der Waals surface area contributed by atoms with Crippen molar-refractivity contribution in [2.45, 2.75) is 43.9 Å². The Labute approximate surface area is 250 Å². The van der Waals surface area contributed by atoms with Crippen molar-refractivity contribution in [3.63, 3.8) is 0 Å². The number of ether oxygens (including phenoxy) is 2. The Kier molecular flexibility index (Phi) is 7.44. The Balaban J connectivity index is 1.44. The van der Waals surface area contributed by atoms with Gasteiger partial charge in [0.2, 0.25) is 0 Å². The fraction of sp³-hybridized carbons (Fsp3) is 0.294. The summed E-state index contributed by atoms with van der Waals surface area (Å²) in [6.07, 6.45) is 7.63. The Morgan fingerprint density at radius 2 is 1.79 bits per heavy atom. The van der Waals surface area contributed by atoms with Crippen molar-refractivity contribution in [3.05, 3.63) is 95.4 Å². The van der Waals surface area contributed by atoms with Gasteiger partial charge in [0.05, 0.1) is 12.8 Å². The fourth-order valence-electron chi connectivity index (χ4n) is 6.64. The first kappa shape index (κ1) is 26.8. The quantitative estimate of drug-likeness (QED) is 0.192. The minimum Gasteiger partial charge on any atom is -0.493 e. The Hall–Kier alpha value is -4.07. The number of hydrogen-bond donors (Lipinski definition) is 2. The molecule has 8 heteroatoms. The zero-order valence-electron chi connectivity index (χ0n) is 23.6. The van der Waals surface area contributed by atoms with E-state index in [2.05, 4.69) is 39.4 Å². The second-order valence-corrected chi connectivity index (χ2v) is 11.6. The third kappa shape index (κ3) is 5.08. The summed E-state index contributed by atoms with van der Waals surface area (Å²) in [5.41, 5.74) is 6.92. The number of halogens is 1. The molecule has 2 aliphatic rings. The molecular formula is C34H34ClN5O2. The number of nitrogens with zero attached hydrogens (tertiary/aromatic N) is 3. The highest BCUT2D eigenvalue weighted by molar-refractivity contribution is 6.30. The molecule has 214 valence electrons. The van der Waals surface area contributed by atoms with E-state index in [4.69, 9.17) is 31.2 Å². The second-order valence-electron chi connectivity index (χ2n) is 11.1. The van der Waals surface area contributed by atoms with E-state index in [1.807, 2.05) is 42.5 Å². The molecule has 2 aromatic heterocycles. The molecule has 1 aliphatic carbocycles. The number of methoxy groups -OCH3 is 1. The predicted octanol–water partition coefficient (Wildman–Crippen LogP) is 8.33. The van der Waals surface area contributed by atoms with Crippen molar-refractivity contribution in [1.82, 2.24) is 19.9 Å². The van der Waals surface area contributed by atoms with Crippen LogP contribution in [0.25, 0.3) is 16.6 Å². The largest absolute Gasteiger partial charge is 0.493 e. The molecule has 5 aromatic rings. The summed E-state index contributed by atoms with van der Waals surface area (Å²) in [7, 11) is 1.68. The molecule has 1 aliphatic heterocycles. The van der Waals surface area contributed by atoms with Crippen LogP contribution in [0.4, 0.5) is 11.5 Å². The highest BCUT2D eigenvalue weighted by Crippen LogP contribution is 2.49. The van der Waals surface area contributed by atoms with Gasteiger partial charge >= 0.3 is 0 Å². The van der Waals surface area contributed by atoms with Crippen LogP contribution in [0.15, 0.2) is 79.1 Å². The van der Waals surface area contributed by atoms with Crippen LogP contribution in [0.3, 0.4) is 0 Å². The summed E-state index contributed by atoms with van der Waals surface area (Å²) >= 11 is 6.22. The van der Waals surface area contributed by atoms with Gasteiger partial charge in [0, 0.05) is 34.7 Å². The summed E-state index contributed by atoms with van der Waals surface area (Å²) in [6, 6.07) is 23.8. The first-order chi connectivity index (χ1) is 20.7. The molecule has 2 fully saturated rings. The average Bonchev–Trinajstić information content (AvgIpc) is 3.79. The van der Waals surface area contributed by atoms with Gasteiger partial charge in [-0.2, -0.15) is 5.10 Å². The topological polar surface area (TPSA) is 72.7 Å². The van der Waals surface area contributed by atoms with Gasteiger partial charge in [-0.1, -0.05) is 54.8 Å². The number of fused-ring (bicyclic) bond motifs is 1. The molecule has 0 amide bonds. The van der Waals surface area contributed by atoms with Gasteiger partial charge in [0.1, 0.15) is 17.6 Å². The van der Waals surface area contributed by atoms with Crippen LogP contribution in [0.1, 0.15) is 55.2 Å². The van der Waals surface area contributed by atoms with E-state index in [9.17, 15) is 0 Å². The van der Waals surface area contributed by atoms with Crippen molar-refractivity contribution in [2.24, 2.45) is 0 Å². The lowest BCUT2D eigenvalue weighted by Gasteiger charge is -2.18. The van der Waals surface area contributed by atoms with E-state index >= 15 is 0 Å². The van der Waals surface area contributed by atoms with Crippen molar-refractivity contribution >= 4 is 28.6 Å². The van der Waals surface area contributed by atoms with Gasteiger partial charge in [0.15, 0.2) is 17.3 Å². The molecule has 0 spiro atoms. The van der Waals surface area contributed by atoms with Gasteiger partial charge in [0.25, 0.3) is 0 Å². The van der Waals surface area contributed by atoms with Crippen LogP contribution in [-0.4, -0.2) is 34.8 Å². The predicted molar refractivity (Wildman–Crippen MR) is 168 cm³/mol. The number of benzene rings is 3. The maximum absolute atomic E-state index is 6.22. The minimum atomic E-state index is 0.384. The normalized spacial score (nSPS) is 17.1. The molecule has 1 unspecified atom stereocenters. The van der Waals surface area contributed by atoms with E-state index in [1.54, 1.807) is 19.5 Å². The highest BCUT2D eigenvalue weighted by atomic mass is 35.5. The van der Waals surface area contributed by atoms with E-state index < -0.39 is 0 Å². The maximum atomic E-state index is 6.22. The molecule has 7 rings (SSSR count). The number of aromatic nitrogens is 3. The van der Waals surface area contributed by atoms with Crippen LogP contribution in [0.2, 0.25) is 5.02 Å². The first-order valence-electron chi connectivity index (χ1n) is 14.7. The van der Waals surface area contributed by atoms with Gasteiger partial charge in [-0.3, -0.25) is 0 Å². The molecule has 1 atom stereocenters. The molecule has 3 aromatic carbocycles. The maximum Gasteiger partial charge on any atom is 0.169 e. The lowest BCUT2D eigenvalue weighted by molar-refractivity contribution is 0.379. The summed E-state index contributed by atoms with van der Waals surface area (Å²) in [5.74, 6) is 3.59. The van der Waals surface area contributed by atoms with Crippen LogP contribution in [0, 0.1) is 0 Å². The number of nitrogens with one attached hydrogen (secondary N) is 2. The van der Waals surface area contributed by atoms with E-state index in [1.165, 1.54) is 36.9 Å². The third-order valence-electron chi connectivity index (χ3n) is 8.52. The smallest absolute Gasteiger partial charge is 0.169 e. The van der Waals surface area contributed by atoms with Crippen LogP contribution < -0.4 is 20.1 Å². The molecular weight excluding hydrogens is 546 g/mol. The number of anilines is 2. The van der Waals surface area contributed by atoms with Crippen molar-refractivity contribution in [1.29, 1.82) is 0 Å². The second kappa shape index (κ2) is 11.7. The average molecular weight is 580 g/mol. The number of hydrogen-bond acceptors (Lipinski definition) is 6. The molecule has 0 bridgehead atoms. The molecule has 3 heterocycles. The molecule has 42 heavy (non-hydrogen) atoms. The molecule has 2 N–H and O–H groups in total. The monoisotopic (exact) mass is 579 g/mol. The van der Waals surface area contributed by atoms with Crippen molar-refractivity contribution < 1.29 is 9.47 Å². The molecule has 0 radical (unpaired) electrons. The van der Waals surface area contributed by atoms with Gasteiger partial charge in [-0.15, -0.1) is 0 Å². The lowest BCUT2D eigenvalue weighted by atomic mass is 9.86. The zero-order chi connectivity index (χ0) is 28.5. The number of para-hydroxylation sites is 1. The van der Waals surface area contributed by atoms with Crippen molar-refractivity contribution in [3.8, 4) is 28.4 Å². The van der Waals surface area contributed by atoms with Gasteiger partial charge in [-0.05, 0) is 79.4 Å². The zero-order valence-corrected chi connectivity index (χ0v) is 24.4. The van der Waals surface area contributed by atoms with E-state index in [0.29, 0.717) is 34.1 Å². The highest BCUT2D eigenvalue weighted by Gasteiger charge is 2.34. The van der Waals surface area contributed by atoms with Gasteiger partial charge in [-0.25, -0.2) is 9.50 Å². The Morgan fingerprint density at radius 3 is 2.55 bits per heavy atom. The SMILES string of the molecule is COc1cc(-c2c(C3CCNC3)c(C3CCCC3)n3ncnc(Nc4ccccc4)c23)ccc1Oc1cccc(Cl)c1. The summed E-state index contributed by atoms with van der Waals surface area (Å²) in [4.78, 5) is 4.79. The summed E-state index contributed by atoms with van der Waals surface area (Å²) < 4.78 is 14.3. The standard InChI is InChI=1S/C34H34ClN5O2/c1-41-29-18-23(14-15-28(29)42-27-13-7-10-25(35)19-27)30-31(24-16-17-36-20-24)32(22-8-5-6-9-22)40-33(30)34(37-21-38-40)39-26-11-3-2-4-12-26/h2-4,7,10-15,18-19,21-22,24,36H,5-6,8-9,16-17,20H2,1H3,(H,37,38,39). The Morgan fingerprint density at radius 1 is 0.929 bits per heavy atom.